The number of carbonyl (C=O) groups excluding carboxylic acids is 4. The molecule has 2 saturated carbocycles. The fraction of sp³-hybridized carbons (Fsp3) is 0.333. The summed E-state index contributed by atoms with van der Waals surface area (Å²) in [5.41, 5.74) is 1.54. The van der Waals surface area contributed by atoms with Crippen molar-refractivity contribution < 1.29 is 19.2 Å². The Hall–Kier alpha value is -3.25. The summed E-state index contributed by atoms with van der Waals surface area (Å²) in [5, 5.41) is 2.15. The molecule has 7 heteroatoms. The Balaban J connectivity index is 1.37. The fourth-order valence-corrected chi connectivity index (χ4v) is 6.37. The van der Waals surface area contributed by atoms with Crippen molar-refractivity contribution in [3.8, 4) is 0 Å². The molecule has 2 bridgehead atoms. The standard InChI is InChI=1S/C27H23ClN2O4/c1-14-6-8-15(9-7-14)22(31)13-29(25(32)18-4-2-3-5-21(18)28)30-26(33)23-16-10-11-17(20-12-19(16)20)24(23)27(30)34/h2-11,16-17,19-20,23-24H,12-13H2,1H3/t16-,17-,19-,20+,23-,24+/m0/s1. The molecule has 3 amide bonds. The molecule has 2 aromatic rings. The molecular weight excluding hydrogens is 452 g/mol. The number of hydrogen-bond acceptors (Lipinski definition) is 4. The van der Waals surface area contributed by atoms with Gasteiger partial charge in [0.05, 0.1) is 22.4 Å². The van der Waals surface area contributed by atoms with Crippen LogP contribution in [0.2, 0.25) is 5.02 Å². The number of halogens is 1. The second kappa shape index (κ2) is 7.64. The largest absolute Gasteiger partial charge is 0.292 e. The van der Waals surface area contributed by atoms with Crippen molar-refractivity contribution in [1.29, 1.82) is 0 Å². The summed E-state index contributed by atoms with van der Waals surface area (Å²) in [4.78, 5) is 54.2. The molecule has 3 fully saturated rings. The molecule has 0 spiro atoms. The number of nitrogens with zero attached hydrogens (tertiary/aromatic N) is 2. The average Bonchev–Trinajstić information content (AvgIpc) is 3.61. The molecule has 0 aromatic heterocycles. The lowest BCUT2D eigenvalue weighted by atomic mass is 9.63. The van der Waals surface area contributed by atoms with E-state index in [-0.39, 0.29) is 28.2 Å². The van der Waals surface area contributed by atoms with E-state index in [1.165, 1.54) is 6.07 Å². The first-order valence-electron chi connectivity index (χ1n) is 11.6. The lowest BCUT2D eigenvalue weighted by Crippen LogP contribution is -2.52. The van der Waals surface area contributed by atoms with Crippen LogP contribution >= 0.6 is 11.6 Å². The first-order valence-corrected chi connectivity index (χ1v) is 12.0. The number of carbonyl (C=O) groups is 4. The zero-order chi connectivity index (χ0) is 23.7. The monoisotopic (exact) mass is 474 g/mol. The van der Waals surface area contributed by atoms with E-state index in [1.54, 1.807) is 30.3 Å². The van der Waals surface area contributed by atoms with Crippen LogP contribution < -0.4 is 0 Å². The minimum atomic E-state index is -0.642. The fourth-order valence-electron chi connectivity index (χ4n) is 6.15. The van der Waals surface area contributed by atoms with Crippen LogP contribution in [0.15, 0.2) is 60.7 Å². The number of rotatable bonds is 5. The van der Waals surface area contributed by atoms with Gasteiger partial charge in [0.2, 0.25) is 0 Å². The van der Waals surface area contributed by atoms with Crippen molar-refractivity contribution in [2.24, 2.45) is 35.5 Å². The number of benzene rings is 2. The molecule has 5 aliphatic rings. The van der Waals surface area contributed by atoms with Gasteiger partial charge in [-0.2, -0.15) is 5.01 Å². The molecule has 4 aliphatic carbocycles. The van der Waals surface area contributed by atoms with E-state index >= 15 is 0 Å². The highest BCUT2D eigenvalue weighted by Crippen LogP contribution is 2.65. The second-order valence-corrected chi connectivity index (χ2v) is 10.2. The predicted octanol–water partition coefficient (Wildman–Crippen LogP) is 3.94. The predicted molar refractivity (Wildman–Crippen MR) is 125 cm³/mol. The summed E-state index contributed by atoms with van der Waals surface area (Å²) in [6, 6.07) is 13.4. The Kier molecular flexibility index (Phi) is 4.78. The molecular formula is C27H23ClN2O4. The van der Waals surface area contributed by atoms with Crippen molar-refractivity contribution in [2.45, 2.75) is 13.3 Å². The minimum absolute atomic E-state index is 0.0199. The highest BCUT2D eigenvalue weighted by molar-refractivity contribution is 6.34. The summed E-state index contributed by atoms with van der Waals surface area (Å²) < 4.78 is 0. The lowest BCUT2D eigenvalue weighted by Gasteiger charge is -2.37. The Bertz CT molecular complexity index is 1230. The van der Waals surface area contributed by atoms with Crippen molar-refractivity contribution in [1.82, 2.24) is 10.0 Å². The zero-order valence-electron chi connectivity index (χ0n) is 18.6. The van der Waals surface area contributed by atoms with E-state index in [0.717, 1.165) is 22.0 Å². The summed E-state index contributed by atoms with van der Waals surface area (Å²) in [5.74, 6) is -1.81. The highest BCUT2D eigenvalue weighted by Gasteiger charge is 2.68. The van der Waals surface area contributed by atoms with E-state index in [9.17, 15) is 19.2 Å². The molecule has 0 radical (unpaired) electrons. The van der Waals surface area contributed by atoms with Gasteiger partial charge in [0.15, 0.2) is 5.78 Å². The summed E-state index contributed by atoms with van der Waals surface area (Å²) in [7, 11) is 0. The number of aryl methyl sites for hydroxylation is 1. The Morgan fingerprint density at radius 3 is 2.12 bits per heavy atom. The van der Waals surface area contributed by atoms with Crippen LogP contribution in [0.3, 0.4) is 0 Å². The van der Waals surface area contributed by atoms with Crippen LogP contribution in [-0.4, -0.2) is 40.1 Å². The third-order valence-corrected chi connectivity index (χ3v) is 8.22. The van der Waals surface area contributed by atoms with Gasteiger partial charge >= 0.3 is 0 Å². The number of Topliss-reactive ketones (excluding diaryl/α,β-unsaturated/α-hetero) is 1. The van der Waals surface area contributed by atoms with Crippen molar-refractivity contribution in [3.05, 3.63) is 82.4 Å². The highest BCUT2D eigenvalue weighted by atomic mass is 35.5. The molecule has 0 unspecified atom stereocenters. The first-order chi connectivity index (χ1) is 16.4. The molecule has 34 heavy (non-hydrogen) atoms. The van der Waals surface area contributed by atoms with Gasteiger partial charge in [0, 0.05) is 5.56 Å². The molecule has 2 aromatic carbocycles. The first kappa shape index (κ1) is 21.3. The van der Waals surface area contributed by atoms with Crippen LogP contribution in [0.1, 0.15) is 32.7 Å². The quantitative estimate of drug-likeness (QED) is 0.373. The second-order valence-electron chi connectivity index (χ2n) is 9.77. The average molecular weight is 475 g/mol. The summed E-state index contributed by atoms with van der Waals surface area (Å²) >= 11 is 6.29. The smallest absolute Gasteiger partial charge is 0.274 e. The van der Waals surface area contributed by atoms with Gasteiger partial charge in [0.1, 0.15) is 6.54 Å². The molecule has 0 N–H and O–H groups in total. The summed E-state index contributed by atoms with van der Waals surface area (Å²) in [6.45, 7) is 1.48. The Labute approximate surface area is 202 Å². The molecule has 6 nitrogen and oxygen atoms in total. The molecule has 172 valence electrons. The van der Waals surface area contributed by atoms with Crippen LogP contribution in [0.25, 0.3) is 0 Å². The number of amides is 3. The van der Waals surface area contributed by atoms with Gasteiger partial charge in [0.25, 0.3) is 17.7 Å². The Morgan fingerprint density at radius 1 is 0.941 bits per heavy atom. The zero-order valence-corrected chi connectivity index (χ0v) is 19.3. The van der Waals surface area contributed by atoms with E-state index in [4.69, 9.17) is 11.6 Å². The number of imide groups is 1. The van der Waals surface area contributed by atoms with E-state index in [1.807, 2.05) is 19.1 Å². The van der Waals surface area contributed by atoms with Crippen molar-refractivity contribution in [3.63, 3.8) is 0 Å². The van der Waals surface area contributed by atoms with E-state index in [0.29, 0.717) is 17.4 Å². The maximum atomic E-state index is 13.7. The number of allylic oxidation sites excluding steroid dienone is 2. The SMILES string of the molecule is Cc1ccc(C(=O)CN(C(=O)c2ccccc2Cl)N2C(=O)[C@@H]3[C@H]4C=C[C@@H]([C@@H]5C[C@H]45)[C@@H]3C2=O)cc1. The minimum Gasteiger partial charge on any atom is -0.292 e. The van der Waals surface area contributed by atoms with Gasteiger partial charge in [-0.3, -0.25) is 19.2 Å². The maximum Gasteiger partial charge on any atom is 0.274 e. The van der Waals surface area contributed by atoms with E-state index < -0.39 is 36.1 Å². The number of hydrazine groups is 1. The van der Waals surface area contributed by atoms with Crippen molar-refractivity contribution in [2.75, 3.05) is 6.54 Å². The summed E-state index contributed by atoms with van der Waals surface area (Å²) in [6.07, 6.45) is 5.20. The van der Waals surface area contributed by atoms with Gasteiger partial charge in [-0.1, -0.05) is 65.7 Å². The van der Waals surface area contributed by atoms with Crippen LogP contribution in [0, 0.1) is 42.4 Å². The number of hydrogen-bond donors (Lipinski definition) is 0. The maximum absolute atomic E-state index is 13.7. The van der Waals surface area contributed by atoms with Crippen LogP contribution in [0.5, 0.6) is 0 Å². The topological polar surface area (TPSA) is 74.8 Å². The van der Waals surface area contributed by atoms with E-state index in [2.05, 4.69) is 12.2 Å². The van der Waals surface area contributed by atoms with Crippen LogP contribution in [0.4, 0.5) is 0 Å². The molecule has 7 rings (SSSR count). The van der Waals surface area contributed by atoms with Crippen molar-refractivity contribution >= 4 is 35.1 Å². The lowest BCUT2D eigenvalue weighted by molar-refractivity contribution is -0.154. The third kappa shape index (κ3) is 3.08. The van der Waals surface area contributed by atoms with Gasteiger partial charge in [-0.25, -0.2) is 5.01 Å². The van der Waals surface area contributed by atoms with Gasteiger partial charge in [-0.15, -0.1) is 0 Å². The Morgan fingerprint density at radius 2 is 1.53 bits per heavy atom. The normalized spacial score (nSPS) is 30.2. The number of ketones is 1. The molecule has 1 aliphatic heterocycles. The van der Waals surface area contributed by atoms with Gasteiger partial charge < -0.3 is 0 Å². The molecule has 6 atom stereocenters. The van der Waals surface area contributed by atoms with Crippen LogP contribution in [-0.2, 0) is 9.59 Å². The van der Waals surface area contributed by atoms with Gasteiger partial charge in [-0.05, 0) is 49.1 Å². The third-order valence-electron chi connectivity index (χ3n) is 7.89. The molecule has 1 saturated heterocycles. The molecule has 1 heterocycles.